The van der Waals surface area contributed by atoms with E-state index in [1.54, 1.807) is 43.3 Å². The van der Waals surface area contributed by atoms with Gasteiger partial charge in [0.15, 0.2) is 0 Å². The van der Waals surface area contributed by atoms with Gasteiger partial charge in [-0.15, -0.1) is 0 Å². The highest BCUT2D eigenvalue weighted by Gasteiger charge is 2.28. The molecule has 0 aliphatic heterocycles. The Hall–Kier alpha value is -4.79. The Morgan fingerprint density at radius 2 is 1.82 bits per heavy atom. The zero-order valence-electron chi connectivity index (χ0n) is 21.6. The Bertz CT molecular complexity index is 1730. The molecule has 2 aromatic heterocycles. The van der Waals surface area contributed by atoms with Gasteiger partial charge >= 0.3 is 6.03 Å². The minimum absolute atomic E-state index is 0.00155. The number of furan rings is 1. The molecule has 1 atom stereocenters. The Morgan fingerprint density at radius 3 is 2.54 bits per heavy atom. The monoisotopic (exact) mass is 528 g/mol. The average Bonchev–Trinajstić information content (AvgIpc) is 3.43. The number of hydrogen-bond donors (Lipinski definition) is 1. The first-order chi connectivity index (χ1) is 18.7. The Labute approximate surface area is 223 Å². The number of hydrogen-bond acceptors (Lipinski definition) is 4. The largest absolute Gasteiger partial charge is 0.467 e. The third-order valence-corrected chi connectivity index (χ3v) is 6.73. The number of para-hydroxylation sites is 1. The summed E-state index contributed by atoms with van der Waals surface area (Å²) in [6.45, 7) is 5.67. The summed E-state index contributed by atoms with van der Waals surface area (Å²) in [7, 11) is 0. The highest BCUT2D eigenvalue weighted by Crippen LogP contribution is 2.27. The number of rotatable bonds is 6. The van der Waals surface area contributed by atoms with E-state index in [1.165, 1.54) is 15.7 Å². The number of benzene rings is 3. The summed E-state index contributed by atoms with van der Waals surface area (Å²) in [5.74, 6) is -0.894. The number of nitrogens with one attached hydrogen (secondary N) is 1. The summed E-state index contributed by atoms with van der Waals surface area (Å²) < 4.78 is 34.9. The molecule has 2 amide bonds. The number of urea groups is 1. The van der Waals surface area contributed by atoms with Gasteiger partial charge in [0.25, 0.3) is 5.56 Å². The molecular formula is C30H26F2N4O3. The van der Waals surface area contributed by atoms with Gasteiger partial charge in [-0.25, -0.2) is 18.6 Å². The number of halogens is 2. The molecule has 0 saturated carbocycles. The Balaban J connectivity index is 1.65. The molecule has 198 valence electrons. The van der Waals surface area contributed by atoms with Crippen molar-refractivity contribution in [1.29, 1.82) is 0 Å². The van der Waals surface area contributed by atoms with E-state index >= 15 is 0 Å². The maximum absolute atomic E-state index is 14.4. The van der Waals surface area contributed by atoms with Gasteiger partial charge in [0, 0.05) is 6.07 Å². The van der Waals surface area contributed by atoms with Crippen molar-refractivity contribution < 1.29 is 18.0 Å². The molecule has 3 aromatic carbocycles. The van der Waals surface area contributed by atoms with Gasteiger partial charge in [0.05, 0.1) is 41.1 Å². The molecule has 0 fully saturated rings. The zero-order chi connectivity index (χ0) is 27.7. The van der Waals surface area contributed by atoms with Crippen LogP contribution in [0.15, 0.2) is 88.3 Å². The summed E-state index contributed by atoms with van der Waals surface area (Å²) >= 11 is 0. The standard InChI is InChI=1S/C30H26F2N4O3/c1-18-10-12-22(15-19(18)2)36-28(33-26-9-5-4-8-24(26)29(36)37)20(3)35(17-23-7-6-14-39-23)30(38)34-27-13-11-21(31)16-25(27)32/h4-16,20H,17H2,1-3H3,(H,34,38). The normalized spacial score (nSPS) is 11.9. The number of fused-ring (bicyclic) bond motifs is 1. The van der Waals surface area contributed by atoms with E-state index in [0.29, 0.717) is 34.2 Å². The van der Waals surface area contributed by atoms with Crippen molar-refractivity contribution in [1.82, 2.24) is 14.5 Å². The molecule has 1 N–H and O–H groups in total. The molecule has 39 heavy (non-hydrogen) atoms. The molecular weight excluding hydrogens is 502 g/mol. The van der Waals surface area contributed by atoms with Crippen LogP contribution in [0, 0.1) is 25.5 Å². The summed E-state index contributed by atoms with van der Waals surface area (Å²) in [6, 6.07) is 17.5. The maximum atomic E-state index is 14.4. The number of anilines is 1. The highest BCUT2D eigenvalue weighted by atomic mass is 19.1. The Kier molecular flexibility index (Phi) is 6.98. The van der Waals surface area contributed by atoms with Gasteiger partial charge in [0.1, 0.15) is 23.2 Å². The lowest BCUT2D eigenvalue weighted by molar-refractivity contribution is 0.179. The SMILES string of the molecule is Cc1ccc(-n2c(C(C)N(Cc3ccco3)C(=O)Nc3ccc(F)cc3F)nc3ccccc3c2=O)cc1C. The quantitative estimate of drug-likeness (QED) is 0.267. The molecule has 0 aliphatic rings. The molecule has 0 saturated heterocycles. The van der Waals surface area contributed by atoms with Crippen molar-refractivity contribution >= 4 is 22.6 Å². The van der Waals surface area contributed by atoms with Gasteiger partial charge < -0.3 is 14.6 Å². The molecule has 9 heteroatoms. The molecule has 0 radical (unpaired) electrons. The third kappa shape index (κ3) is 5.16. The average molecular weight is 529 g/mol. The molecule has 1 unspecified atom stereocenters. The van der Waals surface area contributed by atoms with Crippen LogP contribution in [-0.2, 0) is 6.54 Å². The lowest BCUT2D eigenvalue weighted by Crippen LogP contribution is -2.39. The van der Waals surface area contributed by atoms with E-state index in [9.17, 15) is 18.4 Å². The second-order valence-corrected chi connectivity index (χ2v) is 9.33. The highest BCUT2D eigenvalue weighted by molar-refractivity contribution is 5.89. The van der Waals surface area contributed by atoms with Crippen LogP contribution in [0.2, 0.25) is 0 Å². The Morgan fingerprint density at radius 1 is 1.03 bits per heavy atom. The molecule has 2 heterocycles. The van der Waals surface area contributed by atoms with Gasteiger partial charge in [-0.2, -0.15) is 0 Å². The van der Waals surface area contributed by atoms with E-state index < -0.39 is 23.7 Å². The van der Waals surface area contributed by atoms with Crippen LogP contribution in [-0.4, -0.2) is 20.5 Å². The van der Waals surface area contributed by atoms with Crippen molar-refractivity contribution in [3.63, 3.8) is 0 Å². The van der Waals surface area contributed by atoms with Crippen LogP contribution in [0.25, 0.3) is 16.6 Å². The van der Waals surface area contributed by atoms with Gasteiger partial charge in [-0.3, -0.25) is 9.36 Å². The van der Waals surface area contributed by atoms with E-state index in [-0.39, 0.29) is 17.8 Å². The molecule has 0 spiro atoms. The van der Waals surface area contributed by atoms with Gasteiger partial charge in [-0.05, 0) is 80.4 Å². The van der Waals surface area contributed by atoms with E-state index in [2.05, 4.69) is 5.32 Å². The van der Waals surface area contributed by atoms with Crippen molar-refractivity contribution in [2.24, 2.45) is 0 Å². The van der Waals surface area contributed by atoms with Crippen molar-refractivity contribution in [2.45, 2.75) is 33.4 Å². The van der Waals surface area contributed by atoms with Crippen LogP contribution in [0.1, 0.15) is 35.7 Å². The first-order valence-corrected chi connectivity index (χ1v) is 12.4. The third-order valence-electron chi connectivity index (χ3n) is 6.73. The predicted octanol–water partition coefficient (Wildman–Crippen LogP) is 6.67. The van der Waals surface area contributed by atoms with Crippen LogP contribution in [0.3, 0.4) is 0 Å². The smallest absolute Gasteiger partial charge is 0.322 e. The van der Waals surface area contributed by atoms with Crippen molar-refractivity contribution in [3.8, 4) is 5.69 Å². The minimum Gasteiger partial charge on any atom is -0.467 e. The fraction of sp³-hybridized carbons (Fsp3) is 0.167. The first-order valence-electron chi connectivity index (χ1n) is 12.4. The molecule has 5 rings (SSSR count). The van der Waals surface area contributed by atoms with Crippen LogP contribution < -0.4 is 10.9 Å². The predicted molar refractivity (Wildman–Crippen MR) is 145 cm³/mol. The number of aromatic nitrogens is 2. The molecule has 0 aliphatic carbocycles. The topological polar surface area (TPSA) is 80.4 Å². The number of nitrogens with zero attached hydrogens (tertiary/aromatic N) is 3. The van der Waals surface area contributed by atoms with Crippen molar-refractivity contribution in [2.75, 3.05) is 5.32 Å². The van der Waals surface area contributed by atoms with Crippen molar-refractivity contribution in [3.05, 3.63) is 124 Å². The number of amides is 2. The summed E-state index contributed by atoms with van der Waals surface area (Å²) in [6.07, 6.45) is 1.48. The zero-order valence-corrected chi connectivity index (χ0v) is 21.6. The lowest BCUT2D eigenvalue weighted by Gasteiger charge is -2.30. The molecule has 5 aromatic rings. The molecule has 7 nitrogen and oxygen atoms in total. The van der Waals surface area contributed by atoms with Gasteiger partial charge in [-0.1, -0.05) is 18.2 Å². The fourth-order valence-electron chi connectivity index (χ4n) is 4.42. The van der Waals surface area contributed by atoms with E-state index in [0.717, 1.165) is 23.3 Å². The summed E-state index contributed by atoms with van der Waals surface area (Å²) in [5.41, 5.74) is 2.67. The minimum atomic E-state index is -0.912. The second kappa shape index (κ2) is 10.5. The first kappa shape index (κ1) is 25.8. The molecule has 0 bridgehead atoms. The van der Waals surface area contributed by atoms with E-state index in [1.807, 2.05) is 32.0 Å². The lowest BCUT2D eigenvalue weighted by atomic mass is 10.1. The summed E-state index contributed by atoms with van der Waals surface area (Å²) in [5, 5.41) is 2.95. The number of carbonyl (C=O) groups excluding carboxylic acids is 1. The van der Waals surface area contributed by atoms with Crippen LogP contribution in [0.4, 0.5) is 19.3 Å². The maximum Gasteiger partial charge on any atom is 0.322 e. The van der Waals surface area contributed by atoms with Gasteiger partial charge in [0.2, 0.25) is 0 Å². The number of aryl methyl sites for hydroxylation is 2. The van der Waals surface area contributed by atoms with E-state index in [4.69, 9.17) is 9.40 Å². The number of carbonyl (C=O) groups is 1. The summed E-state index contributed by atoms with van der Waals surface area (Å²) in [4.78, 5) is 33.6. The van der Waals surface area contributed by atoms with Crippen LogP contribution >= 0.6 is 0 Å². The fourth-order valence-corrected chi connectivity index (χ4v) is 4.42. The van der Waals surface area contributed by atoms with Crippen LogP contribution in [0.5, 0.6) is 0 Å². The second-order valence-electron chi connectivity index (χ2n) is 9.33.